The number of fused-ring (bicyclic) bond motifs is 6. The van der Waals surface area contributed by atoms with Crippen LogP contribution < -0.4 is 76.7 Å². The first-order chi connectivity index (χ1) is 26.4. The zero-order valence-electron chi connectivity index (χ0n) is 33.3. The zero-order valence-corrected chi connectivity index (χ0v) is 38.4. The number of halogens is 3. The second-order valence-corrected chi connectivity index (χ2v) is 16.0. The molecule has 2 aliphatic rings. The molecule has 0 spiro atoms. The molecule has 10 rings (SSSR count). The van der Waals surface area contributed by atoms with Crippen molar-refractivity contribution in [1.82, 2.24) is 9.97 Å². The molecule has 0 saturated carbocycles. The smallest absolute Gasteiger partial charge is 0.239 e. The number of benzene rings is 6. The van der Waals surface area contributed by atoms with Crippen molar-refractivity contribution in [2.24, 2.45) is 7.05 Å². The van der Waals surface area contributed by atoms with Gasteiger partial charge in [0.1, 0.15) is 40.4 Å². The Hall–Kier alpha value is -4.53. The largest absolute Gasteiger partial charge is 1.00 e. The van der Waals surface area contributed by atoms with E-state index >= 15 is 0 Å². The van der Waals surface area contributed by atoms with Crippen molar-refractivity contribution in [3.63, 3.8) is 0 Å². The number of aromatic nitrogens is 4. The third-order valence-electron chi connectivity index (χ3n) is 12.0. The number of para-hydroxylation sites is 4. The van der Waals surface area contributed by atoms with Gasteiger partial charge in [0.15, 0.2) is 0 Å². The SMILES string of the molecule is CN1c2cc3c(cc2N(c2ccccc2)C1(C)C)nc1ccccc1[n+]3-c1ccccc1.CN1c2cc3nc4cc(Cl)ccc4[n+](C)c3cc2N(C)C1(C)C.[I-].[I-]. The van der Waals surface area contributed by atoms with Crippen LogP contribution >= 0.6 is 11.6 Å². The molecule has 0 fully saturated rings. The highest BCUT2D eigenvalue weighted by atomic mass is 127. The van der Waals surface area contributed by atoms with Crippen molar-refractivity contribution < 1.29 is 57.1 Å². The van der Waals surface area contributed by atoms with Crippen LogP contribution in [0, 0.1) is 0 Å². The Morgan fingerprint density at radius 1 is 0.491 bits per heavy atom. The summed E-state index contributed by atoms with van der Waals surface area (Å²) in [6, 6.07) is 44.3. The van der Waals surface area contributed by atoms with Crippen molar-refractivity contribution in [3.05, 3.63) is 132 Å². The number of aryl methyl sites for hydroxylation is 1. The van der Waals surface area contributed by atoms with Gasteiger partial charge < -0.3 is 67.6 Å². The maximum Gasteiger partial charge on any atom is 0.239 e. The fourth-order valence-electron chi connectivity index (χ4n) is 8.30. The highest BCUT2D eigenvalue weighted by molar-refractivity contribution is 6.31. The average molecular weight is 999 g/mol. The standard InChI is InChI=1S/C28H25N4.C18H20ClN4.2HI/c1-28(2)30(3)26-19-25-23(18-27(26)32(28)21-14-8-5-9-15-21)29-22-16-10-11-17-24(22)31(25)20-12-6-4-7-13-20;1-18(2)22(4)16-9-13-15(10-17(16)23(18)5)21(3)14-7-6-11(19)8-12(14)20-13;;/h4-19H,1-3H3;6-10H,1-5H3;2*1H/q2*+1;;/p-2. The molecule has 8 nitrogen and oxygen atoms in total. The summed E-state index contributed by atoms with van der Waals surface area (Å²) in [5, 5.41) is 0.712. The third kappa shape index (κ3) is 6.48. The summed E-state index contributed by atoms with van der Waals surface area (Å²) < 4.78 is 4.51. The fraction of sp³-hybridized carbons (Fsp3) is 0.217. The molecule has 0 radical (unpaired) electrons. The van der Waals surface area contributed by atoms with E-state index in [0.29, 0.717) is 5.02 Å². The minimum absolute atomic E-state index is 0. The molecule has 6 aromatic carbocycles. The van der Waals surface area contributed by atoms with E-state index in [0.717, 1.165) is 49.8 Å². The average Bonchev–Trinajstić information content (AvgIpc) is 3.48. The molecule has 2 aliphatic heterocycles. The van der Waals surface area contributed by atoms with Crippen molar-refractivity contribution in [2.45, 2.75) is 39.0 Å². The van der Waals surface area contributed by atoms with E-state index in [9.17, 15) is 0 Å². The Kier molecular flexibility index (Phi) is 10.7. The fourth-order valence-corrected chi connectivity index (χ4v) is 8.47. The molecule has 0 amide bonds. The third-order valence-corrected chi connectivity index (χ3v) is 12.2. The maximum absolute atomic E-state index is 6.13. The monoisotopic (exact) mass is 998 g/mol. The zero-order chi connectivity index (χ0) is 38.4. The molecular weight excluding hydrogens is 954 g/mol. The van der Waals surface area contributed by atoms with Gasteiger partial charge in [-0.25, -0.2) is 9.97 Å². The Labute approximate surface area is 373 Å². The van der Waals surface area contributed by atoms with Gasteiger partial charge in [-0.2, -0.15) is 4.57 Å². The van der Waals surface area contributed by atoms with Gasteiger partial charge in [0, 0.05) is 68.3 Å². The van der Waals surface area contributed by atoms with E-state index < -0.39 is 0 Å². The van der Waals surface area contributed by atoms with E-state index in [-0.39, 0.29) is 59.3 Å². The van der Waals surface area contributed by atoms with E-state index in [2.05, 4.69) is 194 Å². The number of hydrogen-bond acceptors (Lipinski definition) is 6. The minimum Gasteiger partial charge on any atom is -1.00 e. The van der Waals surface area contributed by atoms with Gasteiger partial charge in [-0.1, -0.05) is 60.1 Å². The molecule has 0 saturated heterocycles. The molecule has 8 aromatic rings. The number of hydrogen-bond donors (Lipinski definition) is 0. The van der Waals surface area contributed by atoms with E-state index in [1.807, 2.05) is 18.2 Å². The Bertz CT molecular complexity index is 2820. The highest BCUT2D eigenvalue weighted by Crippen LogP contribution is 2.49. The Balaban J connectivity index is 0.000000177. The number of nitrogens with zero attached hydrogens (tertiary/aromatic N) is 8. The van der Waals surface area contributed by atoms with Crippen molar-refractivity contribution in [2.75, 3.05) is 40.7 Å². The molecule has 57 heavy (non-hydrogen) atoms. The molecule has 0 bridgehead atoms. The lowest BCUT2D eigenvalue weighted by Gasteiger charge is -2.38. The molecule has 0 N–H and O–H groups in total. The molecular formula is C46H45ClI2N8. The predicted molar refractivity (Wildman–Crippen MR) is 228 cm³/mol. The van der Waals surface area contributed by atoms with Crippen LogP contribution in [-0.4, -0.2) is 42.4 Å². The summed E-state index contributed by atoms with van der Waals surface area (Å²) in [5.74, 6) is 0. The van der Waals surface area contributed by atoms with Gasteiger partial charge >= 0.3 is 0 Å². The summed E-state index contributed by atoms with van der Waals surface area (Å²) in [4.78, 5) is 19.3. The lowest BCUT2D eigenvalue weighted by Crippen LogP contribution is -3.00. The molecule has 0 unspecified atom stereocenters. The van der Waals surface area contributed by atoms with Crippen LogP contribution in [-0.2, 0) is 7.05 Å². The van der Waals surface area contributed by atoms with Crippen LogP contribution in [0.3, 0.4) is 0 Å². The van der Waals surface area contributed by atoms with Gasteiger partial charge in [-0.15, -0.1) is 4.57 Å². The van der Waals surface area contributed by atoms with Crippen LogP contribution in [0.25, 0.3) is 49.8 Å². The summed E-state index contributed by atoms with van der Waals surface area (Å²) >= 11 is 6.13. The summed E-state index contributed by atoms with van der Waals surface area (Å²) in [7, 11) is 8.53. The molecule has 4 heterocycles. The van der Waals surface area contributed by atoms with E-state index in [1.165, 1.54) is 28.4 Å². The number of rotatable bonds is 2. The van der Waals surface area contributed by atoms with Crippen LogP contribution in [0.15, 0.2) is 127 Å². The van der Waals surface area contributed by atoms with Crippen LogP contribution in [0.2, 0.25) is 5.02 Å². The molecule has 290 valence electrons. The summed E-state index contributed by atoms with van der Waals surface area (Å²) in [6.45, 7) is 8.97. The summed E-state index contributed by atoms with van der Waals surface area (Å²) in [5.41, 5.74) is 15.2. The first kappa shape index (κ1) is 40.7. The van der Waals surface area contributed by atoms with Crippen LogP contribution in [0.4, 0.5) is 28.4 Å². The lowest BCUT2D eigenvalue weighted by atomic mass is 10.1. The van der Waals surface area contributed by atoms with E-state index in [1.54, 1.807) is 0 Å². The van der Waals surface area contributed by atoms with Gasteiger partial charge in [0.2, 0.25) is 27.8 Å². The van der Waals surface area contributed by atoms with E-state index in [4.69, 9.17) is 21.6 Å². The molecule has 0 atom stereocenters. The van der Waals surface area contributed by atoms with Crippen molar-refractivity contribution in [3.8, 4) is 5.69 Å². The second-order valence-electron chi connectivity index (χ2n) is 15.6. The topological polar surface area (TPSA) is 46.5 Å². The maximum atomic E-state index is 6.13. The highest BCUT2D eigenvalue weighted by Gasteiger charge is 2.43. The summed E-state index contributed by atoms with van der Waals surface area (Å²) in [6.07, 6.45) is 0. The second kappa shape index (κ2) is 15.0. The molecule has 0 aliphatic carbocycles. The molecule has 11 heteroatoms. The van der Waals surface area contributed by atoms with Crippen LogP contribution in [0.5, 0.6) is 0 Å². The van der Waals surface area contributed by atoms with Gasteiger partial charge in [0.05, 0.1) is 22.7 Å². The number of anilines is 5. The quantitative estimate of drug-likeness (QED) is 0.151. The van der Waals surface area contributed by atoms with Gasteiger partial charge in [0.25, 0.3) is 0 Å². The normalized spacial score (nSPS) is 15.0. The van der Waals surface area contributed by atoms with Crippen molar-refractivity contribution >= 4 is 84.2 Å². The Morgan fingerprint density at radius 3 is 1.70 bits per heavy atom. The molecule has 2 aromatic heterocycles. The predicted octanol–water partition coefficient (Wildman–Crippen LogP) is 3.48. The van der Waals surface area contributed by atoms with Gasteiger partial charge in [-0.3, -0.25) is 0 Å². The van der Waals surface area contributed by atoms with Crippen LogP contribution in [0.1, 0.15) is 27.7 Å². The van der Waals surface area contributed by atoms with Crippen molar-refractivity contribution in [1.29, 1.82) is 0 Å². The first-order valence-electron chi connectivity index (χ1n) is 18.7. The lowest BCUT2D eigenvalue weighted by molar-refractivity contribution is -0.617. The first-order valence-corrected chi connectivity index (χ1v) is 19.1. The Morgan fingerprint density at radius 2 is 1.00 bits per heavy atom. The van der Waals surface area contributed by atoms with Gasteiger partial charge in [-0.05, 0) is 70.2 Å². The minimum atomic E-state index is -0.210.